The lowest BCUT2D eigenvalue weighted by Gasteiger charge is -2.17. The first-order valence-corrected chi connectivity index (χ1v) is 12.1. The molecule has 162 valence electrons. The third-order valence-corrected chi connectivity index (χ3v) is 8.53. The largest absolute Gasteiger partial charge is 0.465 e. The molecule has 1 atom stereocenters. The summed E-state index contributed by atoms with van der Waals surface area (Å²) in [6.45, 7) is 2.08. The molecule has 2 aliphatic carbocycles. The molecule has 0 fully saturated rings. The number of fused-ring (bicyclic) bond motifs is 4. The quantitative estimate of drug-likeness (QED) is 0.605. The molecule has 3 aromatic heterocycles. The molecule has 0 saturated carbocycles. The number of hydrogen-bond donors (Lipinski definition) is 1. The molecule has 0 radical (unpaired) electrons. The van der Waals surface area contributed by atoms with Crippen molar-refractivity contribution in [2.45, 2.75) is 52.0 Å². The van der Waals surface area contributed by atoms with Gasteiger partial charge in [0, 0.05) is 9.75 Å². The number of esters is 1. The minimum atomic E-state index is -0.436. The topological polar surface area (TPSA) is 90.3 Å². The number of thiophene rings is 2. The van der Waals surface area contributed by atoms with Crippen molar-refractivity contribution in [2.24, 2.45) is 5.92 Å². The molecule has 1 amide bonds. The van der Waals surface area contributed by atoms with Gasteiger partial charge in [-0.2, -0.15) is 0 Å². The van der Waals surface area contributed by atoms with Crippen molar-refractivity contribution in [2.75, 3.05) is 12.4 Å². The first kappa shape index (κ1) is 20.4. The summed E-state index contributed by atoms with van der Waals surface area (Å²) >= 11 is 3.02. The van der Waals surface area contributed by atoms with Gasteiger partial charge in [-0.15, -0.1) is 22.7 Å². The van der Waals surface area contributed by atoms with E-state index in [0.29, 0.717) is 21.9 Å². The third-order valence-electron chi connectivity index (χ3n) is 6.16. The third kappa shape index (κ3) is 3.49. The Morgan fingerprint density at radius 1 is 1.23 bits per heavy atom. The van der Waals surface area contributed by atoms with Crippen LogP contribution in [0.2, 0.25) is 0 Å². The summed E-state index contributed by atoms with van der Waals surface area (Å²) in [5, 5.41) is 4.00. The zero-order valence-electron chi connectivity index (χ0n) is 17.4. The Labute approximate surface area is 187 Å². The SMILES string of the molecule is COC(=O)c1c(NC(=O)Cn2cnc3sc4c(c3c2=O)CCC(C)C4)sc2c1CCC2. The van der Waals surface area contributed by atoms with Gasteiger partial charge < -0.3 is 10.1 Å². The highest BCUT2D eigenvalue weighted by Crippen LogP contribution is 2.39. The van der Waals surface area contributed by atoms with Gasteiger partial charge in [-0.1, -0.05) is 6.92 Å². The van der Waals surface area contributed by atoms with E-state index in [1.54, 1.807) is 11.3 Å². The molecule has 1 N–H and O–H groups in total. The molecule has 3 aromatic rings. The number of carbonyl (C=O) groups excluding carboxylic acids is 2. The Hall–Kier alpha value is -2.52. The van der Waals surface area contributed by atoms with Crippen LogP contribution in [0.1, 0.15) is 51.0 Å². The van der Waals surface area contributed by atoms with Crippen molar-refractivity contribution in [1.29, 1.82) is 0 Å². The van der Waals surface area contributed by atoms with Crippen LogP contribution in [0.25, 0.3) is 10.2 Å². The molecule has 31 heavy (non-hydrogen) atoms. The maximum atomic E-state index is 13.1. The fourth-order valence-electron chi connectivity index (χ4n) is 4.61. The van der Waals surface area contributed by atoms with Gasteiger partial charge in [-0.3, -0.25) is 14.2 Å². The maximum Gasteiger partial charge on any atom is 0.341 e. The normalized spacial score (nSPS) is 17.4. The lowest BCUT2D eigenvalue weighted by molar-refractivity contribution is -0.116. The molecule has 7 nitrogen and oxygen atoms in total. The highest BCUT2D eigenvalue weighted by atomic mass is 32.1. The van der Waals surface area contributed by atoms with Crippen LogP contribution in [0.4, 0.5) is 5.00 Å². The average Bonchev–Trinajstić information content (AvgIpc) is 3.41. The van der Waals surface area contributed by atoms with E-state index in [1.165, 1.54) is 34.2 Å². The Kier molecular flexibility index (Phi) is 5.18. The van der Waals surface area contributed by atoms with Crippen molar-refractivity contribution < 1.29 is 14.3 Å². The fraction of sp³-hybridized carbons (Fsp3) is 0.455. The smallest absolute Gasteiger partial charge is 0.341 e. The number of nitrogens with one attached hydrogen (secondary N) is 1. The second-order valence-electron chi connectivity index (χ2n) is 8.31. The molecule has 0 bridgehead atoms. The minimum absolute atomic E-state index is 0.147. The van der Waals surface area contributed by atoms with Crippen molar-refractivity contribution in [3.63, 3.8) is 0 Å². The highest BCUT2D eigenvalue weighted by molar-refractivity contribution is 7.18. The number of amides is 1. The summed E-state index contributed by atoms with van der Waals surface area (Å²) in [5.74, 6) is -0.176. The number of aryl methyl sites for hydroxylation is 2. The number of ether oxygens (including phenoxy) is 1. The van der Waals surface area contributed by atoms with Crippen LogP contribution in [0.15, 0.2) is 11.1 Å². The second-order valence-corrected chi connectivity index (χ2v) is 10.5. The van der Waals surface area contributed by atoms with Gasteiger partial charge in [-0.25, -0.2) is 9.78 Å². The van der Waals surface area contributed by atoms with Crippen LogP contribution in [-0.4, -0.2) is 28.5 Å². The first-order valence-electron chi connectivity index (χ1n) is 10.5. The van der Waals surface area contributed by atoms with Crippen LogP contribution in [-0.2, 0) is 41.8 Å². The lowest BCUT2D eigenvalue weighted by Crippen LogP contribution is -2.28. The molecule has 9 heteroatoms. The van der Waals surface area contributed by atoms with Crippen LogP contribution in [0.3, 0.4) is 0 Å². The number of nitrogens with zero attached hydrogens (tertiary/aromatic N) is 2. The summed E-state index contributed by atoms with van der Waals surface area (Å²) in [6, 6.07) is 0. The van der Waals surface area contributed by atoms with E-state index in [2.05, 4.69) is 17.2 Å². The van der Waals surface area contributed by atoms with E-state index in [0.717, 1.165) is 59.4 Å². The molecule has 0 aromatic carbocycles. The van der Waals surface area contributed by atoms with Crippen LogP contribution in [0, 0.1) is 5.92 Å². The predicted octanol–water partition coefficient (Wildman–Crippen LogP) is 3.56. The van der Waals surface area contributed by atoms with Gasteiger partial charge in [-0.05, 0) is 55.6 Å². The summed E-state index contributed by atoms with van der Waals surface area (Å²) in [4.78, 5) is 45.8. The van der Waals surface area contributed by atoms with E-state index in [-0.39, 0.29) is 18.0 Å². The molecule has 0 spiro atoms. The Balaban J connectivity index is 1.42. The van der Waals surface area contributed by atoms with Gasteiger partial charge in [0.25, 0.3) is 5.56 Å². The summed E-state index contributed by atoms with van der Waals surface area (Å²) in [5.41, 5.74) is 2.36. The minimum Gasteiger partial charge on any atom is -0.465 e. The Morgan fingerprint density at radius 3 is 2.87 bits per heavy atom. The molecule has 3 heterocycles. The van der Waals surface area contributed by atoms with Gasteiger partial charge in [0.15, 0.2) is 0 Å². The lowest BCUT2D eigenvalue weighted by atomic mass is 9.89. The number of rotatable bonds is 4. The molecular formula is C22H23N3O4S2. The van der Waals surface area contributed by atoms with E-state index in [4.69, 9.17) is 4.74 Å². The number of hydrogen-bond acceptors (Lipinski definition) is 7. The predicted molar refractivity (Wildman–Crippen MR) is 121 cm³/mol. The fourth-order valence-corrected chi connectivity index (χ4v) is 7.24. The standard InChI is InChI=1S/C22H23N3O4S2/c1-11-6-7-13-15(8-11)31-19-17(13)21(27)25(10-23-19)9-16(26)24-20-18(22(28)29-2)12-4-3-5-14(12)30-20/h10-11H,3-9H2,1-2H3,(H,24,26). The van der Waals surface area contributed by atoms with E-state index >= 15 is 0 Å². The summed E-state index contributed by atoms with van der Waals surface area (Å²) in [6.07, 6.45) is 7.10. The monoisotopic (exact) mass is 457 g/mol. The Bertz CT molecular complexity index is 1270. The maximum absolute atomic E-state index is 13.1. The van der Waals surface area contributed by atoms with Crippen molar-refractivity contribution >= 4 is 49.8 Å². The molecular weight excluding hydrogens is 434 g/mol. The van der Waals surface area contributed by atoms with Crippen molar-refractivity contribution in [1.82, 2.24) is 9.55 Å². The van der Waals surface area contributed by atoms with Crippen LogP contribution in [0.5, 0.6) is 0 Å². The highest BCUT2D eigenvalue weighted by Gasteiger charge is 2.28. The van der Waals surface area contributed by atoms with Gasteiger partial charge in [0.05, 0.1) is 24.4 Å². The second kappa shape index (κ2) is 7.87. The number of methoxy groups -OCH3 is 1. The van der Waals surface area contributed by atoms with E-state index in [9.17, 15) is 14.4 Å². The molecule has 2 aliphatic rings. The van der Waals surface area contributed by atoms with Gasteiger partial charge in [0.1, 0.15) is 16.4 Å². The van der Waals surface area contributed by atoms with Gasteiger partial charge in [0.2, 0.25) is 5.91 Å². The zero-order valence-corrected chi connectivity index (χ0v) is 19.1. The average molecular weight is 458 g/mol. The van der Waals surface area contributed by atoms with Crippen molar-refractivity contribution in [3.05, 3.63) is 43.1 Å². The molecule has 5 rings (SSSR count). The van der Waals surface area contributed by atoms with Crippen molar-refractivity contribution in [3.8, 4) is 0 Å². The first-order chi connectivity index (χ1) is 15.0. The molecule has 1 unspecified atom stereocenters. The van der Waals surface area contributed by atoms with Crippen LogP contribution >= 0.6 is 22.7 Å². The van der Waals surface area contributed by atoms with E-state index in [1.807, 2.05) is 0 Å². The van der Waals surface area contributed by atoms with Gasteiger partial charge >= 0.3 is 5.97 Å². The van der Waals surface area contributed by atoms with Crippen LogP contribution < -0.4 is 10.9 Å². The van der Waals surface area contributed by atoms with E-state index < -0.39 is 5.97 Å². The molecule has 0 aliphatic heterocycles. The summed E-state index contributed by atoms with van der Waals surface area (Å²) < 4.78 is 6.29. The summed E-state index contributed by atoms with van der Waals surface area (Å²) in [7, 11) is 1.34. The number of aromatic nitrogens is 2. The Morgan fingerprint density at radius 2 is 2.06 bits per heavy atom. The number of carbonyl (C=O) groups is 2. The molecule has 0 saturated heterocycles. The number of anilines is 1. The zero-order chi connectivity index (χ0) is 21.7.